The van der Waals surface area contributed by atoms with E-state index in [9.17, 15) is 27.9 Å². The van der Waals surface area contributed by atoms with Crippen molar-refractivity contribution < 1.29 is 32.6 Å². The van der Waals surface area contributed by atoms with Gasteiger partial charge in [0.05, 0.1) is 10.6 Å². The second-order valence-electron chi connectivity index (χ2n) is 7.98. The van der Waals surface area contributed by atoms with Crippen molar-refractivity contribution in [2.24, 2.45) is 0 Å². The van der Waals surface area contributed by atoms with E-state index >= 15 is 0 Å². The normalized spacial score (nSPS) is 15.8. The topological polar surface area (TPSA) is 180 Å². The molecule has 2 atom stereocenters. The van der Waals surface area contributed by atoms with E-state index in [0.717, 1.165) is 0 Å². The highest BCUT2D eigenvalue weighted by Gasteiger charge is 2.30. The van der Waals surface area contributed by atoms with E-state index in [1.165, 1.54) is 36.5 Å². The number of benzene rings is 2. The van der Waals surface area contributed by atoms with E-state index in [-0.39, 0.29) is 30.1 Å². The number of hydrogen-bond acceptors (Lipinski definition) is 7. The van der Waals surface area contributed by atoms with Crippen molar-refractivity contribution in [2.45, 2.75) is 36.3 Å². The van der Waals surface area contributed by atoms with Crippen LogP contribution in [0.4, 0.5) is 11.6 Å². The van der Waals surface area contributed by atoms with Crippen LogP contribution in [-0.4, -0.2) is 53.4 Å². The zero-order valence-electron chi connectivity index (χ0n) is 18.8. The van der Waals surface area contributed by atoms with E-state index in [1.54, 1.807) is 24.4 Å². The summed E-state index contributed by atoms with van der Waals surface area (Å²) in [4.78, 5) is 42.9. The number of aliphatic carboxylic acids is 1. The number of H-pyrrole nitrogens is 1. The van der Waals surface area contributed by atoms with Crippen LogP contribution in [0.25, 0.3) is 0 Å². The van der Waals surface area contributed by atoms with Crippen LogP contribution in [0.2, 0.25) is 0 Å². The Labute approximate surface area is 206 Å². The second-order valence-corrected chi connectivity index (χ2v) is 9.69. The zero-order chi connectivity index (χ0) is 25.7. The zero-order valence-corrected chi connectivity index (χ0v) is 19.6. The first-order chi connectivity index (χ1) is 17.2. The Balaban J connectivity index is 1.39. The van der Waals surface area contributed by atoms with Crippen LogP contribution in [0.15, 0.2) is 65.8 Å². The highest BCUT2D eigenvalue weighted by Crippen LogP contribution is 2.32. The summed E-state index contributed by atoms with van der Waals surface area (Å²) < 4.78 is 33.1. The van der Waals surface area contributed by atoms with Gasteiger partial charge < -0.3 is 20.1 Å². The summed E-state index contributed by atoms with van der Waals surface area (Å²) >= 11 is 0. The first kappa shape index (κ1) is 24.9. The molecule has 0 aliphatic carbocycles. The third kappa shape index (κ3) is 6.06. The van der Waals surface area contributed by atoms with Gasteiger partial charge in [0.2, 0.25) is 21.9 Å². The lowest BCUT2D eigenvalue weighted by molar-refractivity contribution is -0.139. The average Bonchev–Trinajstić information content (AvgIpc) is 3.35. The smallest absolute Gasteiger partial charge is 0.322 e. The molecule has 5 N–H and O–H groups in total. The first-order valence-electron chi connectivity index (χ1n) is 10.9. The maximum atomic E-state index is 12.6. The summed E-state index contributed by atoms with van der Waals surface area (Å²) in [7, 11) is -4.05. The average molecular weight is 514 g/mol. The van der Waals surface area contributed by atoms with Gasteiger partial charge in [-0.1, -0.05) is 24.3 Å². The molecule has 13 heteroatoms. The molecule has 1 aromatic heterocycles. The molecule has 2 heterocycles. The number of aromatic amines is 1. The van der Waals surface area contributed by atoms with Crippen LogP contribution in [0.3, 0.4) is 0 Å². The van der Waals surface area contributed by atoms with Crippen molar-refractivity contribution in [3.63, 3.8) is 0 Å². The fourth-order valence-electron chi connectivity index (χ4n) is 3.58. The lowest BCUT2D eigenvalue weighted by Gasteiger charge is -2.26. The maximum absolute atomic E-state index is 12.6. The van der Waals surface area contributed by atoms with Gasteiger partial charge in [-0.3, -0.25) is 19.7 Å². The van der Waals surface area contributed by atoms with Crippen LogP contribution >= 0.6 is 0 Å². The first-order valence-corrected chi connectivity index (χ1v) is 12.4. The number of carbonyl (C=O) groups is 3. The van der Waals surface area contributed by atoms with Crippen LogP contribution in [-0.2, 0) is 30.8 Å². The standard InChI is InChI=1S/C23H23N5O7S/c29-20(27-23-24-10-11-25-23)9-8-19-21(30)26-16-12-14(6-7-18(16)35-19)13-17(22(31)32)28-36(33,34)15-4-2-1-3-5-15/h1-7,10-12,17,19,28H,8-9,13H2,(H,26,30)(H,31,32)(H2,24,25,27,29)/t17-,19+/m0/s1. The Morgan fingerprint density at radius 2 is 1.94 bits per heavy atom. The summed E-state index contributed by atoms with van der Waals surface area (Å²) in [5.74, 6) is -1.48. The molecule has 4 rings (SSSR count). The molecule has 1 aliphatic heterocycles. The molecule has 0 unspecified atom stereocenters. The fraction of sp³-hybridized carbons (Fsp3) is 0.217. The largest absolute Gasteiger partial charge is 0.480 e. The number of nitrogens with zero attached hydrogens (tertiary/aromatic N) is 1. The number of nitrogens with one attached hydrogen (secondary N) is 4. The molecule has 0 bridgehead atoms. The van der Waals surface area contributed by atoms with Gasteiger partial charge in [0.1, 0.15) is 11.8 Å². The van der Waals surface area contributed by atoms with E-state index in [2.05, 4.69) is 25.3 Å². The molecule has 0 fully saturated rings. The Hall–Kier alpha value is -4.23. The lowest BCUT2D eigenvalue weighted by Crippen LogP contribution is -2.42. The third-order valence-corrected chi connectivity index (χ3v) is 6.83. The monoisotopic (exact) mass is 513 g/mol. The molecule has 1 aliphatic rings. The summed E-state index contributed by atoms with van der Waals surface area (Å²) in [5.41, 5.74) is 0.793. The van der Waals surface area contributed by atoms with Gasteiger partial charge in [-0.15, -0.1) is 0 Å². The number of carboxylic acid groups (broad SMARTS) is 1. The molecule has 3 aromatic rings. The van der Waals surface area contributed by atoms with Gasteiger partial charge in [-0.2, -0.15) is 4.72 Å². The Morgan fingerprint density at radius 1 is 1.17 bits per heavy atom. The van der Waals surface area contributed by atoms with Crippen LogP contribution in [0.5, 0.6) is 5.75 Å². The predicted octanol–water partition coefficient (Wildman–Crippen LogP) is 1.50. The molecule has 0 saturated carbocycles. The highest BCUT2D eigenvalue weighted by atomic mass is 32.2. The summed E-state index contributed by atoms with van der Waals surface area (Å²) in [6.07, 6.45) is 2.15. The van der Waals surface area contributed by atoms with Crippen molar-refractivity contribution in [2.75, 3.05) is 10.6 Å². The quantitative estimate of drug-likeness (QED) is 0.270. The summed E-state index contributed by atoms with van der Waals surface area (Å²) in [6, 6.07) is 10.7. The second kappa shape index (κ2) is 10.6. The number of rotatable bonds is 10. The lowest BCUT2D eigenvalue weighted by atomic mass is 10.0. The van der Waals surface area contributed by atoms with Gasteiger partial charge in [0.15, 0.2) is 6.10 Å². The Kier molecular flexibility index (Phi) is 7.31. The summed E-state index contributed by atoms with van der Waals surface area (Å²) in [6.45, 7) is 0. The molecule has 188 valence electrons. The SMILES string of the molecule is O=C(CC[C@H]1Oc2ccc(C[C@H](NS(=O)(=O)c3ccccc3)C(=O)O)cc2NC1=O)Nc1ncc[nH]1. The number of ether oxygens (including phenoxy) is 1. The molecule has 2 amide bonds. The molecule has 0 radical (unpaired) electrons. The van der Waals surface area contributed by atoms with E-state index < -0.39 is 34.0 Å². The minimum Gasteiger partial charge on any atom is -0.480 e. The number of hydrogen-bond donors (Lipinski definition) is 5. The van der Waals surface area contributed by atoms with Crippen molar-refractivity contribution in [1.82, 2.24) is 14.7 Å². The molecule has 12 nitrogen and oxygen atoms in total. The Bertz CT molecular complexity index is 1360. The fourth-order valence-corrected chi connectivity index (χ4v) is 4.79. The number of carbonyl (C=O) groups excluding carboxylic acids is 2. The van der Waals surface area contributed by atoms with Crippen molar-refractivity contribution in [3.8, 4) is 5.75 Å². The molecule has 0 spiro atoms. The molecular formula is C23H23N5O7S. The van der Waals surface area contributed by atoms with E-state index in [0.29, 0.717) is 22.9 Å². The number of sulfonamides is 1. The van der Waals surface area contributed by atoms with Crippen molar-refractivity contribution >= 4 is 39.4 Å². The molecular weight excluding hydrogens is 490 g/mol. The van der Waals surface area contributed by atoms with Gasteiger partial charge in [0, 0.05) is 25.2 Å². The van der Waals surface area contributed by atoms with E-state index in [4.69, 9.17) is 4.74 Å². The van der Waals surface area contributed by atoms with Gasteiger partial charge in [0.25, 0.3) is 5.91 Å². The van der Waals surface area contributed by atoms with Crippen LogP contribution in [0.1, 0.15) is 18.4 Å². The molecule has 36 heavy (non-hydrogen) atoms. The van der Waals surface area contributed by atoms with Crippen molar-refractivity contribution in [1.29, 1.82) is 0 Å². The van der Waals surface area contributed by atoms with Gasteiger partial charge >= 0.3 is 5.97 Å². The minimum atomic E-state index is -4.05. The number of carboxylic acids is 1. The van der Waals surface area contributed by atoms with Crippen LogP contribution in [0, 0.1) is 0 Å². The summed E-state index contributed by atoms with van der Waals surface area (Å²) in [5, 5.41) is 14.8. The number of amides is 2. The highest BCUT2D eigenvalue weighted by molar-refractivity contribution is 7.89. The van der Waals surface area contributed by atoms with Crippen LogP contribution < -0.4 is 20.1 Å². The number of fused-ring (bicyclic) bond motifs is 1. The number of aromatic nitrogens is 2. The third-order valence-electron chi connectivity index (χ3n) is 5.34. The van der Waals surface area contributed by atoms with E-state index in [1.807, 2.05) is 0 Å². The molecule has 2 aromatic carbocycles. The Morgan fingerprint density at radius 3 is 2.64 bits per heavy atom. The maximum Gasteiger partial charge on any atom is 0.322 e. The number of imidazole rings is 1. The van der Waals surface area contributed by atoms with Gasteiger partial charge in [-0.05, 0) is 36.2 Å². The van der Waals surface area contributed by atoms with Crippen molar-refractivity contribution in [3.05, 3.63) is 66.5 Å². The van der Waals surface area contributed by atoms with Gasteiger partial charge in [-0.25, -0.2) is 13.4 Å². The molecule has 0 saturated heterocycles. The minimum absolute atomic E-state index is 0.0219. The number of anilines is 2. The predicted molar refractivity (Wildman–Crippen MR) is 128 cm³/mol.